The van der Waals surface area contributed by atoms with Crippen molar-refractivity contribution in [2.24, 2.45) is 5.92 Å². The van der Waals surface area contributed by atoms with Gasteiger partial charge in [-0.25, -0.2) is 4.98 Å². The molecule has 1 fully saturated rings. The van der Waals surface area contributed by atoms with Crippen LogP contribution in [0.15, 0.2) is 18.2 Å². The smallest absolute Gasteiger partial charge is 0.251 e. The van der Waals surface area contributed by atoms with Gasteiger partial charge in [-0.15, -0.1) is 0 Å². The molecule has 1 saturated heterocycles. The van der Waals surface area contributed by atoms with Gasteiger partial charge in [0.1, 0.15) is 0 Å². The Bertz CT molecular complexity index is 689. The van der Waals surface area contributed by atoms with Crippen LogP contribution in [0, 0.1) is 5.92 Å². The number of aromatic nitrogens is 1. The molecule has 0 aliphatic carbocycles. The van der Waals surface area contributed by atoms with Gasteiger partial charge in [0.25, 0.3) is 5.91 Å². The number of nitrogens with zero attached hydrogens (tertiary/aromatic N) is 2. The van der Waals surface area contributed by atoms with Gasteiger partial charge in [-0.1, -0.05) is 25.2 Å². The van der Waals surface area contributed by atoms with Crippen LogP contribution in [0.25, 0.3) is 10.2 Å². The highest BCUT2D eigenvalue weighted by atomic mass is 32.1. The molecule has 5 heteroatoms. The number of carbonyl (C=O) groups excluding carboxylic acids is 1. The van der Waals surface area contributed by atoms with E-state index in [1.54, 1.807) is 11.3 Å². The Morgan fingerprint density at radius 2 is 2.17 bits per heavy atom. The first-order valence-electron chi connectivity index (χ1n) is 8.53. The number of rotatable bonds is 4. The molecule has 1 aromatic heterocycles. The van der Waals surface area contributed by atoms with Gasteiger partial charge >= 0.3 is 0 Å². The summed E-state index contributed by atoms with van der Waals surface area (Å²) in [5.74, 6) is 0.819. The van der Waals surface area contributed by atoms with Gasteiger partial charge in [0.2, 0.25) is 0 Å². The number of hydrogen-bond donors (Lipinski definition) is 1. The SMILES string of the molecule is CC[C@H](C)NC(=O)c1ccc2nc(N3CCC(C)CC3)sc2c1. The van der Waals surface area contributed by atoms with Crippen molar-refractivity contribution in [2.75, 3.05) is 18.0 Å². The van der Waals surface area contributed by atoms with Crippen LogP contribution in [-0.4, -0.2) is 30.0 Å². The molecule has 2 heterocycles. The molecule has 1 aromatic carbocycles. The van der Waals surface area contributed by atoms with Crippen molar-refractivity contribution in [3.05, 3.63) is 23.8 Å². The van der Waals surface area contributed by atoms with Crippen LogP contribution >= 0.6 is 11.3 Å². The van der Waals surface area contributed by atoms with E-state index >= 15 is 0 Å². The monoisotopic (exact) mass is 331 g/mol. The minimum atomic E-state index is 0.00278. The van der Waals surface area contributed by atoms with Crippen molar-refractivity contribution >= 4 is 32.6 Å². The fourth-order valence-electron chi connectivity index (χ4n) is 2.80. The predicted octanol–water partition coefficient (Wildman–Crippen LogP) is 4.06. The largest absolute Gasteiger partial charge is 0.350 e. The standard InChI is InChI=1S/C18H25N3OS/c1-4-13(3)19-17(22)14-5-6-15-16(11-14)23-18(20-15)21-9-7-12(2)8-10-21/h5-6,11-13H,4,7-10H2,1-3H3,(H,19,22)/t13-/m0/s1. The molecule has 0 bridgehead atoms. The van der Waals surface area contributed by atoms with Crippen LogP contribution in [0.3, 0.4) is 0 Å². The molecule has 4 nitrogen and oxygen atoms in total. The van der Waals surface area contributed by atoms with Crippen molar-refractivity contribution in [3.63, 3.8) is 0 Å². The van der Waals surface area contributed by atoms with Crippen molar-refractivity contribution in [1.82, 2.24) is 10.3 Å². The van der Waals surface area contributed by atoms with Crippen LogP contribution in [0.5, 0.6) is 0 Å². The summed E-state index contributed by atoms with van der Waals surface area (Å²) >= 11 is 1.70. The number of thiazole rings is 1. The molecule has 2 aromatic rings. The van der Waals surface area contributed by atoms with E-state index in [4.69, 9.17) is 4.98 Å². The second-order valence-corrected chi connectivity index (χ2v) is 7.64. The van der Waals surface area contributed by atoms with Crippen LogP contribution < -0.4 is 10.2 Å². The van der Waals surface area contributed by atoms with Gasteiger partial charge in [-0.3, -0.25) is 4.79 Å². The maximum absolute atomic E-state index is 12.3. The lowest BCUT2D eigenvalue weighted by molar-refractivity contribution is 0.0939. The van der Waals surface area contributed by atoms with Gasteiger partial charge in [-0.2, -0.15) is 0 Å². The first kappa shape index (κ1) is 16.2. The van der Waals surface area contributed by atoms with Crippen LogP contribution in [0.1, 0.15) is 50.4 Å². The Balaban J connectivity index is 1.79. The van der Waals surface area contributed by atoms with Crippen molar-refractivity contribution < 1.29 is 4.79 Å². The summed E-state index contributed by atoms with van der Waals surface area (Å²) < 4.78 is 1.09. The second-order valence-electron chi connectivity index (χ2n) is 6.63. The van der Waals surface area contributed by atoms with E-state index in [9.17, 15) is 4.79 Å². The summed E-state index contributed by atoms with van der Waals surface area (Å²) in [6, 6.07) is 6.02. The molecule has 0 spiro atoms. The summed E-state index contributed by atoms with van der Waals surface area (Å²) in [7, 11) is 0. The zero-order chi connectivity index (χ0) is 16.4. The van der Waals surface area contributed by atoms with Crippen molar-refractivity contribution in [3.8, 4) is 0 Å². The van der Waals surface area contributed by atoms with Crippen LogP contribution in [0.2, 0.25) is 0 Å². The minimum absolute atomic E-state index is 0.00278. The molecule has 3 rings (SSSR count). The Labute approximate surface area is 141 Å². The highest BCUT2D eigenvalue weighted by Gasteiger charge is 2.19. The molecular formula is C18H25N3OS. The molecule has 1 atom stereocenters. The van der Waals surface area contributed by atoms with E-state index in [1.807, 2.05) is 25.1 Å². The third-order valence-corrected chi connectivity index (χ3v) is 5.76. The van der Waals surface area contributed by atoms with E-state index in [0.29, 0.717) is 0 Å². The molecule has 124 valence electrons. The summed E-state index contributed by atoms with van der Waals surface area (Å²) in [6.07, 6.45) is 3.41. The first-order chi connectivity index (χ1) is 11.1. The average molecular weight is 331 g/mol. The third-order valence-electron chi connectivity index (χ3n) is 4.68. The van der Waals surface area contributed by atoms with Crippen molar-refractivity contribution in [2.45, 2.75) is 46.1 Å². The normalized spacial score (nSPS) is 17.4. The van der Waals surface area contributed by atoms with E-state index in [1.165, 1.54) is 12.8 Å². The fourth-order valence-corrected chi connectivity index (χ4v) is 3.85. The third kappa shape index (κ3) is 3.66. The number of fused-ring (bicyclic) bond motifs is 1. The lowest BCUT2D eigenvalue weighted by atomic mass is 10.00. The molecular weight excluding hydrogens is 306 g/mol. The fraction of sp³-hybridized carbons (Fsp3) is 0.556. The molecule has 0 unspecified atom stereocenters. The summed E-state index contributed by atoms with van der Waals surface area (Å²) in [6.45, 7) is 8.59. The number of piperidine rings is 1. The highest BCUT2D eigenvalue weighted by molar-refractivity contribution is 7.22. The first-order valence-corrected chi connectivity index (χ1v) is 9.35. The van der Waals surface area contributed by atoms with E-state index in [-0.39, 0.29) is 11.9 Å². The number of benzene rings is 1. The Hall–Kier alpha value is -1.62. The Kier molecular flexibility index (Phi) is 4.85. The van der Waals surface area contributed by atoms with Crippen molar-refractivity contribution in [1.29, 1.82) is 0 Å². The Morgan fingerprint density at radius 1 is 1.43 bits per heavy atom. The van der Waals surface area contributed by atoms with Gasteiger partial charge in [-0.05, 0) is 50.3 Å². The van der Waals surface area contributed by atoms with E-state index in [0.717, 1.165) is 46.3 Å². The van der Waals surface area contributed by atoms with Crippen LogP contribution in [0.4, 0.5) is 5.13 Å². The quantitative estimate of drug-likeness (QED) is 0.919. The number of hydrogen-bond acceptors (Lipinski definition) is 4. The van der Waals surface area contributed by atoms with Gasteiger partial charge in [0.05, 0.1) is 10.2 Å². The van der Waals surface area contributed by atoms with Crippen LogP contribution in [-0.2, 0) is 0 Å². The number of carbonyl (C=O) groups is 1. The maximum atomic E-state index is 12.3. The minimum Gasteiger partial charge on any atom is -0.350 e. The molecule has 1 amide bonds. The molecule has 1 aliphatic heterocycles. The molecule has 23 heavy (non-hydrogen) atoms. The lowest BCUT2D eigenvalue weighted by Crippen LogP contribution is -2.32. The number of nitrogens with one attached hydrogen (secondary N) is 1. The predicted molar refractivity (Wildman–Crippen MR) is 97.5 cm³/mol. The molecule has 1 N–H and O–H groups in total. The zero-order valence-corrected chi connectivity index (χ0v) is 14.9. The molecule has 1 aliphatic rings. The topological polar surface area (TPSA) is 45.2 Å². The van der Waals surface area contributed by atoms with E-state index in [2.05, 4.69) is 24.1 Å². The number of amides is 1. The molecule has 0 radical (unpaired) electrons. The summed E-state index contributed by atoms with van der Waals surface area (Å²) in [4.78, 5) is 19.4. The summed E-state index contributed by atoms with van der Waals surface area (Å²) in [5, 5.41) is 4.11. The maximum Gasteiger partial charge on any atom is 0.251 e. The van der Waals surface area contributed by atoms with E-state index < -0.39 is 0 Å². The number of anilines is 1. The average Bonchev–Trinajstić information content (AvgIpc) is 2.98. The zero-order valence-electron chi connectivity index (χ0n) is 14.1. The van der Waals surface area contributed by atoms with Gasteiger partial charge in [0.15, 0.2) is 5.13 Å². The second kappa shape index (κ2) is 6.87. The summed E-state index contributed by atoms with van der Waals surface area (Å²) in [5.41, 5.74) is 1.71. The highest BCUT2D eigenvalue weighted by Crippen LogP contribution is 2.32. The molecule has 0 saturated carbocycles. The van der Waals surface area contributed by atoms with Gasteiger partial charge in [0, 0.05) is 24.7 Å². The van der Waals surface area contributed by atoms with Gasteiger partial charge < -0.3 is 10.2 Å². The lowest BCUT2D eigenvalue weighted by Gasteiger charge is -2.29. The Morgan fingerprint density at radius 3 is 2.87 bits per heavy atom.